The minimum absolute atomic E-state index is 0.00294. The van der Waals surface area contributed by atoms with Crippen LogP contribution in [0.3, 0.4) is 0 Å². The summed E-state index contributed by atoms with van der Waals surface area (Å²) in [5.41, 5.74) is 9.37. The van der Waals surface area contributed by atoms with Crippen molar-refractivity contribution in [2.24, 2.45) is 0 Å². The zero-order chi connectivity index (χ0) is 48.0. The minimum atomic E-state index is -1.07. The largest absolute Gasteiger partial charge is 0.493 e. The number of nitrogens with zero attached hydrogens (tertiary/aromatic N) is 3. The number of nitriles is 1. The maximum Gasteiger partial charge on any atom is 0.408 e. The van der Waals surface area contributed by atoms with Crippen LogP contribution in [0.25, 0.3) is 11.1 Å². The highest BCUT2D eigenvalue weighted by atomic mass is 32.2. The summed E-state index contributed by atoms with van der Waals surface area (Å²) >= 11 is 1.57. The summed E-state index contributed by atoms with van der Waals surface area (Å²) < 4.78 is 48.9. The number of amides is 1. The summed E-state index contributed by atoms with van der Waals surface area (Å²) in [6.07, 6.45) is 1.96. The number of benzene rings is 4. The summed E-state index contributed by atoms with van der Waals surface area (Å²) in [5, 5.41) is 14.2. The Balaban J connectivity index is 1.10. The van der Waals surface area contributed by atoms with E-state index in [1.54, 1.807) is 52.8 Å². The maximum absolute atomic E-state index is 14.8. The monoisotopic (exact) mass is 944 g/mol. The van der Waals surface area contributed by atoms with E-state index in [1.165, 1.54) is 22.3 Å². The van der Waals surface area contributed by atoms with Crippen LogP contribution in [0.4, 0.5) is 4.79 Å². The van der Waals surface area contributed by atoms with Gasteiger partial charge in [0.1, 0.15) is 36.6 Å². The lowest BCUT2D eigenvalue weighted by Gasteiger charge is -2.60. The van der Waals surface area contributed by atoms with Crippen molar-refractivity contribution in [3.8, 4) is 45.9 Å². The number of aryl methyl sites for hydroxylation is 1. The van der Waals surface area contributed by atoms with E-state index in [2.05, 4.69) is 89.4 Å². The van der Waals surface area contributed by atoms with Crippen LogP contribution in [0, 0.1) is 25.2 Å². The van der Waals surface area contributed by atoms with Crippen molar-refractivity contribution < 1.29 is 47.5 Å². The third kappa shape index (κ3) is 8.39. The lowest BCUT2D eigenvalue weighted by molar-refractivity contribution is -0.151. The fourth-order valence-corrected chi connectivity index (χ4v) is 12.4. The molecule has 4 heterocycles. The van der Waals surface area contributed by atoms with Gasteiger partial charge in [0.05, 0.1) is 25.3 Å². The van der Waals surface area contributed by atoms with Crippen LogP contribution < -0.4 is 29.0 Å². The van der Waals surface area contributed by atoms with Gasteiger partial charge < -0.3 is 43.2 Å². The van der Waals surface area contributed by atoms with Gasteiger partial charge >= 0.3 is 12.1 Å². The summed E-state index contributed by atoms with van der Waals surface area (Å²) in [4.78, 5) is 32.7. The van der Waals surface area contributed by atoms with Crippen LogP contribution in [-0.2, 0) is 31.8 Å². The highest BCUT2D eigenvalue weighted by molar-refractivity contribution is 7.99. The topological polar surface area (TPSA) is 150 Å². The minimum Gasteiger partial charge on any atom is -0.493 e. The molecule has 2 unspecified atom stereocenters. The molecule has 4 aromatic carbocycles. The van der Waals surface area contributed by atoms with E-state index in [4.69, 9.17) is 37.9 Å². The number of hydrogen-bond donors (Lipinski definition) is 1. The van der Waals surface area contributed by atoms with Crippen molar-refractivity contribution in [1.82, 2.24) is 15.1 Å². The molecule has 68 heavy (non-hydrogen) atoms. The Morgan fingerprint density at radius 1 is 0.971 bits per heavy atom. The van der Waals surface area contributed by atoms with Gasteiger partial charge in [0.2, 0.25) is 6.79 Å². The van der Waals surface area contributed by atoms with Crippen LogP contribution in [-0.4, -0.2) is 111 Å². The Kier molecular flexibility index (Phi) is 13.3. The zero-order valence-corrected chi connectivity index (χ0v) is 40.8. The fraction of sp³-hybridized carbons (Fsp3) is 0.453. The van der Waals surface area contributed by atoms with Crippen LogP contribution >= 0.6 is 11.8 Å². The standard InChI is InChI=1S/C53H60N4O10S/c1-10-19-62-47-30(3)48-50(66-28-65-48)44-36(47)22-40-45-43-31(20-29(2)46(61-9)49(43)64-27-60-8)21-39(56(45)7)41(23-54)57(40)42(44)24-63-51(58)38(55-52(59)67-53(4,5)6)26-68-25-37-34-17-13-11-15-32(34)33-16-12-14-18-35(33)37/h10-18,20,37-42,45H,1,19,21-22,24-28H2,2-9H3,(H,55,59)/t38-,39+,40?,41?,42+,45-/m1/s1. The van der Waals surface area contributed by atoms with E-state index in [0.29, 0.717) is 47.3 Å². The number of thioether (sulfide) groups is 1. The average molecular weight is 945 g/mol. The second kappa shape index (κ2) is 19.2. The molecule has 14 nitrogen and oxygen atoms in total. The predicted molar refractivity (Wildman–Crippen MR) is 258 cm³/mol. The van der Waals surface area contributed by atoms with Gasteiger partial charge in [0, 0.05) is 58.9 Å². The number of carbonyl (C=O) groups excluding carboxylic acids is 2. The molecule has 2 bridgehead atoms. The molecule has 9 rings (SSSR count). The Hall–Kier alpha value is -5.92. The maximum atomic E-state index is 14.8. The van der Waals surface area contributed by atoms with Gasteiger partial charge in [-0.05, 0) is 87.9 Å². The second-order valence-corrected chi connectivity index (χ2v) is 20.0. The van der Waals surface area contributed by atoms with Crippen molar-refractivity contribution in [2.75, 3.05) is 59.6 Å². The van der Waals surface area contributed by atoms with E-state index < -0.39 is 35.8 Å². The molecule has 0 saturated carbocycles. The van der Waals surface area contributed by atoms with E-state index in [9.17, 15) is 14.9 Å². The van der Waals surface area contributed by atoms with Crippen LogP contribution in [0.1, 0.15) is 83.3 Å². The summed E-state index contributed by atoms with van der Waals surface area (Å²) in [7, 11) is 5.28. The molecule has 4 aliphatic heterocycles. The van der Waals surface area contributed by atoms with Crippen molar-refractivity contribution in [1.29, 1.82) is 5.26 Å². The van der Waals surface area contributed by atoms with E-state index in [1.807, 2.05) is 13.8 Å². The Morgan fingerprint density at radius 2 is 1.68 bits per heavy atom. The van der Waals surface area contributed by atoms with Gasteiger partial charge in [-0.2, -0.15) is 17.0 Å². The fourth-order valence-electron chi connectivity index (χ4n) is 11.2. The van der Waals surface area contributed by atoms with E-state index >= 15 is 0 Å². The molecule has 15 heteroatoms. The van der Waals surface area contributed by atoms with Crippen LogP contribution in [0.2, 0.25) is 0 Å². The molecule has 1 saturated heterocycles. The highest BCUT2D eigenvalue weighted by Crippen LogP contribution is 2.59. The first-order chi connectivity index (χ1) is 32.8. The van der Waals surface area contributed by atoms with E-state index in [0.717, 1.165) is 33.4 Å². The average Bonchev–Trinajstić information content (AvgIpc) is 3.93. The van der Waals surface area contributed by atoms with Crippen LogP contribution in [0.15, 0.2) is 67.3 Å². The third-order valence-corrected chi connectivity index (χ3v) is 14.9. The Morgan fingerprint density at radius 3 is 2.34 bits per heavy atom. The molecular weight excluding hydrogens is 885 g/mol. The van der Waals surface area contributed by atoms with Crippen molar-refractivity contribution in [2.45, 2.75) is 95.2 Å². The third-order valence-electron chi connectivity index (χ3n) is 13.8. The van der Waals surface area contributed by atoms with Gasteiger partial charge in [0.25, 0.3) is 0 Å². The van der Waals surface area contributed by atoms with Gasteiger partial charge in [0.15, 0.2) is 29.8 Å². The number of fused-ring (bicyclic) bond motifs is 12. The number of hydrogen-bond acceptors (Lipinski definition) is 14. The summed E-state index contributed by atoms with van der Waals surface area (Å²) in [5.74, 6) is 3.24. The molecular formula is C53H60N4O10S. The predicted octanol–water partition coefficient (Wildman–Crippen LogP) is 8.34. The molecule has 4 aromatic rings. The first-order valence-electron chi connectivity index (χ1n) is 23.1. The zero-order valence-electron chi connectivity index (χ0n) is 40.0. The number of piperazine rings is 1. The quantitative estimate of drug-likeness (QED) is 0.0691. The number of esters is 1. The first kappa shape index (κ1) is 47.2. The molecule has 0 spiro atoms. The number of nitrogens with one attached hydrogen (secondary N) is 1. The molecule has 358 valence electrons. The van der Waals surface area contributed by atoms with Gasteiger partial charge in [-0.15, -0.1) is 0 Å². The highest BCUT2D eigenvalue weighted by Gasteiger charge is 2.57. The van der Waals surface area contributed by atoms with Crippen LogP contribution in [0.5, 0.6) is 28.7 Å². The lowest BCUT2D eigenvalue weighted by atomic mass is 9.71. The molecule has 0 radical (unpaired) electrons. The molecule has 5 aliphatic rings. The lowest BCUT2D eigenvalue weighted by Crippen LogP contribution is -2.68. The number of carbonyl (C=O) groups is 2. The van der Waals surface area contributed by atoms with Crippen molar-refractivity contribution >= 4 is 23.8 Å². The first-order valence-corrected chi connectivity index (χ1v) is 24.3. The number of likely N-dealkylation sites (N-methyl/N-ethyl adjacent to an activating group) is 1. The molecule has 1 fully saturated rings. The molecule has 1 aliphatic carbocycles. The molecule has 1 N–H and O–H groups in total. The summed E-state index contributed by atoms with van der Waals surface area (Å²) in [6, 6.07) is 18.3. The summed E-state index contributed by atoms with van der Waals surface area (Å²) in [6.45, 7) is 13.2. The van der Waals surface area contributed by atoms with Gasteiger partial charge in [-0.1, -0.05) is 67.3 Å². The second-order valence-electron chi connectivity index (χ2n) is 19.0. The van der Waals surface area contributed by atoms with Gasteiger partial charge in [-0.25, -0.2) is 9.59 Å². The number of alkyl carbamates (subject to hydrolysis) is 1. The van der Waals surface area contributed by atoms with Crippen molar-refractivity contribution in [3.63, 3.8) is 0 Å². The normalized spacial score (nSPS) is 21.5. The number of rotatable bonds is 15. The van der Waals surface area contributed by atoms with E-state index in [-0.39, 0.29) is 56.6 Å². The number of ether oxygens (including phenoxy) is 8. The number of methoxy groups -OCH3 is 2. The Bertz CT molecular complexity index is 2610. The SMILES string of the molecule is C=CCOc1c(C)c2c(c3c1CC1[C@@H]4c5c(cc(C)c(OC)c5OCOC)C[C@@H](C(C#N)N1[C@H]3COC(=O)[C@@H](CSCC1c3ccccc3-c3ccccc31)NC(=O)OC(C)(C)C)N4C)OCO2. The molecule has 6 atom stereocenters. The van der Waals surface area contributed by atoms with Gasteiger partial charge in [-0.3, -0.25) is 9.80 Å². The molecule has 1 amide bonds. The molecule has 0 aromatic heterocycles. The van der Waals surface area contributed by atoms with Crippen molar-refractivity contribution in [3.05, 3.63) is 112 Å². The Labute approximate surface area is 402 Å². The smallest absolute Gasteiger partial charge is 0.408 e.